The highest BCUT2D eigenvalue weighted by molar-refractivity contribution is 6.04. The van der Waals surface area contributed by atoms with Crippen LogP contribution in [0.15, 0.2) is 36.5 Å². The van der Waals surface area contributed by atoms with Gasteiger partial charge in [-0.25, -0.2) is 4.98 Å². The summed E-state index contributed by atoms with van der Waals surface area (Å²) in [7, 11) is 2.15. The molecule has 0 atom stereocenters. The van der Waals surface area contributed by atoms with E-state index in [1.54, 1.807) is 12.3 Å². The molecule has 2 aromatic heterocycles. The van der Waals surface area contributed by atoms with Crippen molar-refractivity contribution >= 4 is 17.4 Å². The number of fused-ring (bicyclic) bond motifs is 1. The number of H-pyrrole nitrogens is 1. The van der Waals surface area contributed by atoms with Crippen LogP contribution in [0.1, 0.15) is 23.2 Å². The Labute approximate surface area is 179 Å². The summed E-state index contributed by atoms with van der Waals surface area (Å²) in [6.45, 7) is 2.32. The van der Waals surface area contributed by atoms with E-state index in [0.29, 0.717) is 40.6 Å². The number of rotatable bonds is 5. The molecule has 0 aliphatic carbocycles. The summed E-state index contributed by atoms with van der Waals surface area (Å²) in [4.78, 5) is 23.4. The third-order valence-electron chi connectivity index (χ3n) is 5.42. The summed E-state index contributed by atoms with van der Waals surface area (Å²) >= 11 is 0. The number of benzene rings is 1. The van der Waals surface area contributed by atoms with E-state index in [4.69, 9.17) is 9.47 Å². The van der Waals surface area contributed by atoms with Gasteiger partial charge in [0, 0.05) is 23.4 Å². The molecule has 0 bridgehead atoms. The van der Waals surface area contributed by atoms with Crippen molar-refractivity contribution in [2.75, 3.05) is 37.6 Å². The minimum absolute atomic E-state index is 0.127. The van der Waals surface area contributed by atoms with E-state index in [0.717, 1.165) is 31.6 Å². The van der Waals surface area contributed by atoms with E-state index in [9.17, 15) is 4.79 Å². The molecular formula is C21H23N7O3. The van der Waals surface area contributed by atoms with Gasteiger partial charge in [0.1, 0.15) is 11.5 Å². The second-order valence-corrected chi connectivity index (χ2v) is 7.69. The highest BCUT2D eigenvalue weighted by Gasteiger charge is 2.19. The second-order valence-electron chi connectivity index (χ2n) is 7.69. The highest BCUT2D eigenvalue weighted by Crippen LogP contribution is 2.30. The zero-order chi connectivity index (χ0) is 21.2. The van der Waals surface area contributed by atoms with Gasteiger partial charge in [0.25, 0.3) is 11.8 Å². The molecule has 0 unspecified atom stereocenters. The van der Waals surface area contributed by atoms with Crippen LogP contribution in [0.5, 0.6) is 11.6 Å². The van der Waals surface area contributed by atoms with Crippen molar-refractivity contribution in [3.8, 4) is 23.1 Å². The third kappa shape index (κ3) is 4.29. The highest BCUT2D eigenvalue weighted by atomic mass is 16.7. The van der Waals surface area contributed by atoms with Crippen molar-refractivity contribution < 1.29 is 14.3 Å². The number of anilines is 2. The maximum atomic E-state index is 12.6. The molecular weight excluding hydrogens is 398 g/mol. The number of ether oxygens (including phenoxy) is 2. The minimum Gasteiger partial charge on any atom is -0.450 e. The van der Waals surface area contributed by atoms with Gasteiger partial charge in [-0.15, -0.1) is 0 Å². The van der Waals surface area contributed by atoms with E-state index < -0.39 is 0 Å². The molecule has 1 saturated heterocycles. The fourth-order valence-electron chi connectivity index (χ4n) is 3.63. The largest absolute Gasteiger partial charge is 0.450 e. The predicted molar refractivity (Wildman–Crippen MR) is 114 cm³/mol. The summed E-state index contributed by atoms with van der Waals surface area (Å²) in [6.07, 6.45) is 3.78. The molecule has 1 amide bonds. The standard InChI is InChI=1S/C21H23N7O3/c1-28-8-6-15(7-9-28)23-14-4-2-13(3-5-14)20(29)24-18-10-16(26-27-18)19-22-11-17-21(25-19)31-12-30-17/h2-5,10-11,15,23H,6-9,12H2,1H3,(H2,24,26,27,29). The first-order valence-corrected chi connectivity index (χ1v) is 10.2. The van der Waals surface area contributed by atoms with Crippen LogP contribution in [0.25, 0.3) is 11.5 Å². The van der Waals surface area contributed by atoms with E-state index in [-0.39, 0.29) is 12.7 Å². The lowest BCUT2D eigenvalue weighted by atomic mass is 10.0. The van der Waals surface area contributed by atoms with Crippen molar-refractivity contribution in [2.24, 2.45) is 0 Å². The number of likely N-dealkylation sites (tertiary alicyclic amines) is 1. The van der Waals surface area contributed by atoms with Gasteiger partial charge in [0.05, 0.1) is 6.20 Å². The topological polar surface area (TPSA) is 117 Å². The van der Waals surface area contributed by atoms with Crippen molar-refractivity contribution in [3.05, 3.63) is 42.1 Å². The fourth-order valence-corrected chi connectivity index (χ4v) is 3.63. The summed E-state index contributed by atoms with van der Waals surface area (Å²) in [5.74, 6) is 1.49. The van der Waals surface area contributed by atoms with Gasteiger partial charge in [-0.2, -0.15) is 10.1 Å². The average Bonchev–Trinajstić information content (AvgIpc) is 3.45. The van der Waals surface area contributed by atoms with Crippen LogP contribution < -0.4 is 20.1 Å². The van der Waals surface area contributed by atoms with Crippen LogP contribution >= 0.6 is 0 Å². The Balaban J connectivity index is 1.20. The van der Waals surface area contributed by atoms with Crippen LogP contribution in [-0.2, 0) is 0 Å². The first kappa shape index (κ1) is 19.3. The van der Waals surface area contributed by atoms with Gasteiger partial charge in [-0.1, -0.05) is 0 Å². The van der Waals surface area contributed by atoms with Crippen LogP contribution in [0.3, 0.4) is 0 Å². The number of aromatic amines is 1. The Hall–Kier alpha value is -3.66. The summed E-state index contributed by atoms with van der Waals surface area (Å²) in [5.41, 5.74) is 2.07. The molecule has 160 valence electrons. The van der Waals surface area contributed by atoms with Crippen LogP contribution in [0, 0.1) is 0 Å². The predicted octanol–water partition coefficient (Wildman–Crippen LogP) is 2.35. The van der Waals surface area contributed by atoms with E-state index in [1.807, 2.05) is 24.3 Å². The molecule has 10 heteroatoms. The minimum atomic E-state index is -0.229. The average molecular weight is 421 g/mol. The molecule has 10 nitrogen and oxygen atoms in total. The molecule has 3 N–H and O–H groups in total. The molecule has 1 aromatic carbocycles. The Bertz CT molecular complexity index is 1070. The quantitative estimate of drug-likeness (QED) is 0.575. The van der Waals surface area contributed by atoms with Gasteiger partial charge in [0.15, 0.2) is 5.82 Å². The van der Waals surface area contributed by atoms with Crippen LogP contribution in [-0.4, -0.2) is 63.9 Å². The van der Waals surface area contributed by atoms with Gasteiger partial charge >= 0.3 is 0 Å². The Morgan fingerprint density at radius 3 is 2.81 bits per heavy atom. The molecule has 0 saturated carbocycles. The molecule has 31 heavy (non-hydrogen) atoms. The lowest BCUT2D eigenvalue weighted by molar-refractivity contribution is 0.102. The number of amides is 1. The number of carbonyl (C=O) groups is 1. The third-order valence-corrected chi connectivity index (χ3v) is 5.42. The lowest BCUT2D eigenvalue weighted by Gasteiger charge is -2.30. The molecule has 3 aromatic rings. The number of aromatic nitrogens is 4. The van der Waals surface area contributed by atoms with Gasteiger partial charge < -0.3 is 25.0 Å². The number of carbonyl (C=O) groups excluding carboxylic acids is 1. The van der Waals surface area contributed by atoms with Crippen molar-refractivity contribution in [1.82, 2.24) is 25.1 Å². The van der Waals surface area contributed by atoms with Gasteiger partial charge in [-0.05, 0) is 57.2 Å². The molecule has 4 heterocycles. The summed E-state index contributed by atoms with van der Waals surface area (Å²) < 4.78 is 10.5. The molecule has 1 fully saturated rings. The summed E-state index contributed by atoms with van der Waals surface area (Å²) in [6, 6.07) is 9.64. The van der Waals surface area contributed by atoms with Gasteiger partial charge in [-0.3, -0.25) is 9.89 Å². The fraction of sp³-hybridized carbons (Fsp3) is 0.333. The van der Waals surface area contributed by atoms with Crippen molar-refractivity contribution in [1.29, 1.82) is 0 Å². The number of piperidine rings is 1. The zero-order valence-corrected chi connectivity index (χ0v) is 17.1. The normalized spacial score (nSPS) is 16.3. The zero-order valence-electron chi connectivity index (χ0n) is 17.1. The van der Waals surface area contributed by atoms with Crippen LogP contribution in [0.4, 0.5) is 11.5 Å². The Kier molecular flexibility index (Phi) is 5.13. The summed E-state index contributed by atoms with van der Waals surface area (Å²) in [5, 5.41) is 13.3. The molecule has 2 aliphatic heterocycles. The Morgan fingerprint density at radius 2 is 2.00 bits per heavy atom. The number of hydrogen-bond acceptors (Lipinski definition) is 8. The van der Waals surface area contributed by atoms with E-state index in [1.165, 1.54) is 0 Å². The van der Waals surface area contributed by atoms with Crippen molar-refractivity contribution in [2.45, 2.75) is 18.9 Å². The second kappa shape index (κ2) is 8.23. The van der Waals surface area contributed by atoms with Gasteiger partial charge in [0.2, 0.25) is 12.5 Å². The van der Waals surface area contributed by atoms with Crippen molar-refractivity contribution in [3.63, 3.8) is 0 Å². The molecule has 0 spiro atoms. The van der Waals surface area contributed by atoms with E-state index >= 15 is 0 Å². The molecule has 5 rings (SSSR count). The lowest BCUT2D eigenvalue weighted by Crippen LogP contribution is -2.36. The number of nitrogens with one attached hydrogen (secondary N) is 3. The molecule has 0 radical (unpaired) electrons. The number of hydrogen-bond donors (Lipinski definition) is 3. The van der Waals surface area contributed by atoms with Crippen LogP contribution in [0.2, 0.25) is 0 Å². The smallest absolute Gasteiger partial charge is 0.263 e. The maximum Gasteiger partial charge on any atom is 0.263 e. The molecule has 2 aliphatic rings. The number of nitrogens with zero attached hydrogens (tertiary/aromatic N) is 4. The monoisotopic (exact) mass is 421 g/mol. The SMILES string of the molecule is CN1CCC(Nc2ccc(C(=O)Nc3cc(-c4ncc5c(n4)OCO5)n[nH]3)cc2)CC1. The first-order chi connectivity index (χ1) is 15.1. The van der Waals surface area contributed by atoms with E-state index in [2.05, 4.69) is 42.7 Å². The maximum absolute atomic E-state index is 12.6. The Morgan fingerprint density at radius 1 is 1.19 bits per heavy atom. The first-order valence-electron chi connectivity index (χ1n) is 10.2.